The quantitative estimate of drug-likeness (QED) is 0.489. The number of rotatable bonds is 8. The van der Waals surface area contributed by atoms with Crippen LogP contribution in [0.15, 0.2) is 53.2 Å². The zero-order valence-corrected chi connectivity index (χ0v) is 21.1. The summed E-state index contributed by atoms with van der Waals surface area (Å²) < 4.78 is 0. The minimum absolute atomic E-state index is 0.0436. The van der Waals surface area contributed by atoms with Crippen molar-refractivity contribution in [2.24, 2.45) is 0 Å². The second-order valence-corrected chi connectivity index (χ2v) is 9.50. The fourth-order valence-electron chi connectivity index (χ4n) is 4.90. The molecule has 0 bridgehead atoms. The number of hydrogen-bond donors (Lipinski definition) is 2. The van der Waals surface area contributed by atoms with E-state index in [1.54, 1.807) is 12.1 Å². The molecule has 2 aromatic carbocycles. The number of para-hydroxylation sites is 1. The Hall–Kier alpha value is -3.12. The molecule has 3 amide bonds. The molecule has 2 aromatic rings. The minimum atomic E-state index is -0.406. The first-order valence-corrected chi connectivity index (χ1v) is 12.8. The average Bonchev–Trinajstić information content (AvgIpc) is 3.10. The van der Waals surface area contributed by atoms with Crippen molar-refractivity contribution < 1.29 is 14.4 Å². The van der Waals surface area contributed by atoms with Gasteiger partial charge in [0.1, 0.15) is 10.7 Å². The number of imide groups is 1. The van der Waals surface area contributed by atoms with E-state index in [0.29, 0.717) is 12.1 Å². The first-order chi connectivity index (χ1) is 16.9. The van der Waals surface area contributed by atoms with Gasteiger partial charge in [0.25, 0.3) is 17.7 Å². The Morgan fingerprint density at radius 2 is 1.57 bits per heavy atom. The molecule has 1 aliphatic carbocycles. The molecule has 0 atom stereocenters. The standard InChI is InChI=1S/C28H32ClN3O3/c1-3-19-9-8-10-20(4-2)24(19)31-26(33)21-15-13-18(14-16-21)17-30-25-23(29)27(34)32(28(25)35)22-11-6-5-7-12-22/h8-10,13-16,22,30H,3-7,11-12,17H2,1-2H3,(H,31,33). The zero-order chi connectivity index (χ0) is 24.9. The first-order valence-electron chi connectivity index (χ1n) is 12.5. The fraction of sp³-hybridized carbons (Fsp3) is 0.393. The van der Waals surface area contributed by atoms with Crippen LogP contribution in [0.3, 0.4) is 0 Å². The molecular weight excluding hydrogens is 462 g/mol. The van der Waals surface area contributed by atoms with Gasteiger partial charge in [0, 0.05) is 23.8 Å². The summed E-state index contributed by atoms with van der Waals surface area (Å²) in [7, 11) is 0. The summed E-state index contributed by atoms with van der Waals surface area (Å²) >= 11 is 6.25. The fourth-order valence-corrected chi connectivity index (χ4v) is 5.14. The van der Waals surface area contributed by atoms with Crippen LogP contribution in [0.1, 0.15) is 73.0 Å². The molecule has 0 spiro atoms. The SMILES string of the molecule is CCc1cccc(CC)c1NC(=O)c1ccc(CNC2=C(Cl)C(=O)N(C3CCCCC3)C2=O)cc1. The van der Waals surface area contributed by atoms with E-state index in [9.17, 15) is 14.4 Å². The Morgan fingerprint density at radius 3 is 2.17 bits per heavy atom. The van der Waals surface area contributed by atoms with E-state index in [2.05, 4.69) is 24.5 Å². The normalized spacial score (nSPS) is 16.7. The van der Waals surface area contributed by atoms with E-state index in [4.69, 9.17) is 11.6 Å². The predicted molar refractivity (Wildman–Crippen MR) is 138 cm³/mol. The van der Waals surface area contributed by atoms with Gasteiger partial charge >= 0.3 is 0 Å². The molecule has 1 aliphatic heterocycles. The number of amides is 3. The number of anilines is 1. The molecule has 6 nitrogen and oxygen atoms in total. The number of halogens is 1. The Balaban J connectivity index is 1.40. The summed E-state index contributed by atoms with van der Waals surface area (Å²) in [4.78, 5) is 39.8. The summed E-state index contributed by atoms with van der Waals surface area (Å²) in [5, 5.41) is 6.09. The van der Waals surface area contributed by atoms with Gasteiger partial charge in [-0.05, 0) is 54.5 Å². The van der Waals surface area contributed by atoms with Crippen molar-refractivity contribution in [3.63, 3.8) is 0 Å². The lowest BCUT2D eigenvalue weighted by Crippen LogP contribution is -2.43. The Bertz CT molecular complexity index is 1130. The Morgan fingerprint density at radius 1 is 0.943 bits per heavy atom. The molecule has 7 heteroatoms. The van der Waals surface area contributed by atoms with Crippen LogP contribution in [0.4, 0.5) is 5.69 Å². The van der Waals surface area contributed by atoms with Crippen LogP contribution in [0.2, 0.25) is 0 Å². The number of carbonyl (C=O) groups excluding carboxylic acids is 3. The summed E-state index contributed by atoms with van der Waals surface area (Å²) in [5.41, 5.74) is 4.70. The molecule has 184 valence electrons. The van der Waals surface area contributed by atoms with E-state index in [1.807, 2.05) is 30.3 Å². The van der Waals surface area contributed by atoms with Gasteiger partial charge in [-0.25, -0.2) is 0 Å². The van der Waals surface area contributed by atoms with E-state index >= 15 is 0 Å². The molecule has 1 fully saturated rings. The molecule has 0 unspecified atom stereocenters. The lowest BCUT2D eigenvalue weighted by molar-refractivity contribution is -0.140. The van der Waals surface area contributed by atoms with Crippen molar-refractivity contribution in [3.8, 4) is 0 Å². The molecular formula is C28H32ClN3O3. The predicted octanol–water partition coefficient (Wildman–Crippen LogP) is 5.31. The molecule has 0 radical (unpaired) electrons. The van der Waals surface area contributed by atoms with Crippen molar-refractivity contribution in [2.45, 2.75) is 71.4 Å². The summed E-state index contributed by atoms with van der Waals surface area (Å²) in [6, 6.07) is 13.2. The van der Waals surface area contributed by atoms with Crippen LogP contribution in [0.5, 0.6) is 0 Å². The Kier molecular flexibility index (Phi) is 7.91. The van der Waals surface area contributed by atoms with Crippen LogP contribution < -0.4 is 10.6 Å². The molecule has 4 rings (SSSR count). The van der Waals surface area contributed by atoms with Gasteiger partial charge in [-0.3, -0.25) is 19.3 Å². The highest BCUT2D eigenvalue weighted by atomic mass is 35.5. The molecule has 1 saturated carbocycles. The highest BCUT2D eigenvalue weighted by Crippen LogP contribution is 2.31. The van der Waals surface area contributed by atoms with E-state index < -0.39 is 5.91 Å². The second kappa shape index (κ2) is 11.1. The first kappa shape index (κ1) is 25.0. The largest absolute Gasteiger partial charge is 0.375 e. The maximum absolute atomic E-state index is 12.9. The van der Waals surface area contributed by atoms with Crippen molar-refractivity contribution in [1.29, 1.82) is 0 Å². The Labute approximate surface area is 211 Å². The van der Waals surface area contributed by atoms with Crippen molar-refractivity contribution in [1.82, 2.24) is 10.2 Å². The topological polar surface area (TPSA) is 78.5 Å². The van der Waals surface area contributed by atoms with Crippen LogP contribution in [-0.2, 0) is 29.0 Å². The van der Waals surface area contributed by atoms with E-state index in [0.717, 1.165) is 67.3 Å². The second-order valence-electron chi connectivity index (χ2n) is 9.12. The number of benzene rings is 2. The van der Waals surface area contributed by atoms with Gasteiger partial charge in [0.05, 0.1) is 0 Å². The molecule has 1 heterocycles. The van der Waals surface area contributed by atoms with E-state index in [1.165, 1.54) is 4.90 Å². The monoisotopic (exact) mass is 493 g/mol. The number of aryl methyl sites for hydroxylation is 2. The third kappa shape index (κ3) is 5.27. The maximum atomic E-state index is 12.9. The van der Waals surface area contributed by atoms with Crippen LogP contribution in [0, 0.1) is 0 Å². The number of carbonyl (C=O) groups is 3. The molecule has 35 heavy (non-hydrogen) atoms. The van der Waals surface area contributed by atoms with E-state index in [-0.39, 0.29) is 28.6 Å². The van der Waals surface area contributed by atoms with Crippen molar-refractivity contribution in [3.05, 3.63) is 75.4 Å². The summed E-state index contributed by atoms with van der Waals surface area (Å²) in [6.45, 7) is 4.47. The third-order valence-corrected chi connectivity index (χ3v) is 7.27. The van der Waals surface area contributed by atoms with Crippen LogP contribution in [-0.4, -0.2) is 28.7 Å². The van der Waals surface area contributed by atoms with Gasteiger partial charge < -0.3 is 10.6 Å². The molecule has 0 saturated heterocycles. The lowest BCUT2D eigenvalue weighted by atomic mass is 9.94. The summed E-state index contributed by atoms with van der Waals surface area (Å²) in [5.74, 6) is -0.910. The molecule has 2 N–H and O–H groups in total. The summed E-state index contributed by atoms with van der Waals surface area (Å²) in [6.07, 6.45) is 6.52. The number of nitrogens with one attached hydrogen (secondary N) is 2. The van der Waals surface area contributed by atoms with Crippen LogP contribution >= 0.6 is 11.6 Å². The van der Waals surface area contributed by atoms with Gasteiger partial charge in [0.15, 0.2) is 0 Å². The highest BCUT2D eigenvalue weighted by Gasteiger charge is 2.41. The maximum Gasteiger partial charge on any atom is 0.278 e. The van der Waals surface area contributed by atoms with Gasteiger partial charge in [-0.2, -0.15) is 0 Å². The van der Waals surface area contributed by atoms with Crippen molar-refractivity contribution >= 4 is 35.0 Å². The third-order valence-electron chi connectivity index (χ3n) is 6.92. The van der Waals surface area contributed by atoms with Gasteiger partial charge in [0.2, 0.25) is 0 Å². The lowest BCUT2D eigenvalue weighted by Gasteiger charge is -2.29. The number of nitrogens with zero attached hydrogens (tertiary/aromatic N) is 1. The van der Waals surface area contributed by atoms with Crippen LogP contribution in [0.25, 0.3) is 0 Å². The highest BCUT2D eigenvalue weighted by molar-refractivity contribution is 6.47. The zero-order valence-electron chi connectivity index (χ0n) is 20.3. The average molecular weight is 494 g/mol. The van der Waals surface area contributed by atoms with Gasteiger partial charge in [-0.15, -0.1) is 0 Å². The minimum Gasteiger partial charge on any atom is -0.375 e. The molecule has 2 aliphatic rings. The number of hydrogen-bond acceptors (Lipinski definition) is 4. The smallest absolute Gasteiger partial charge is 0.278 e. The van der Waals surface area contributed by atoms with Gasteiger partial charge in [-0.1, -0.05) is 75.0 Å². The molecule has 0 aromatic heterocycles. The van der Waals surface area contributed by atoms with Crippen molar-refractivity contribution in [2.75, 3.05) is 5.32 Å².